The number of nitriles is 1. The molecule has 3 atom stereocenters. The lowest BCUT2D eigenvalue weighted by molar-refractivity contribution is -0.0592. The van der Waals surface area contributed by atoms with Gasteiger partial charge in [0.05, 0.1) is 54.6 Å². The molecule has 2 N–H and O–H groups in total. The molecule has 12 heteroatoms. The van der Waals surface area contributed by atoms with Crippen LogP contribution in [0.2, 0.25) is 0 Å². The molecule has 6 rings (SSSR count). The van der Waals surface area contributed by atoms with Crippen LogP contribution in [0.5, 0.6) is 11.6 Å². The molecule has 0 amide bonds. The summed E-state index contributed by atoms with van der Waals surface area (Å²) in [5.41, 5.74) is 9.20. The maximum absolute atomic E-state index is 14.1. The maximum atomic E-state index is 14.1. The van der Waals surface area contributed by atoms with Crippen molar-refractivity contribution >= 4 is 16.8 Å². The van der Waals surface area contributed by atoms with Crippen molar-refractivity contribution in [1.82, 2.24) is 24.4 Å². The molecule has 2 aromatic heterocycles. The Balaban J connectivity index is 1.08. The molecule has 222 valence electrons. The number of nitrogens with zero attached hydrogens (tertiary/aromatic N) is 6. The number of aromatic nitrogens is 4. The molecular weight excluding hydrogens is 553 g/mol. The second-order valence-corrected chi connectivity index (χ2v) is 10.9. The van der Waals surface area contributed by atoms with Crippen LogP contribution in [0.1, 0.15) is 47.3 Å². The summed E-state index contributed by atoms with van der Waals surface area (Å²) in [6, 6.07) is 13.2. The van der Waals surface area contributed by atoms with Crippen LogP contribution in [-0.4, -0.2) is 62.2 Å². The van der Waals surface area contributed by atoms with Gasteiger partial charge in [0.2, 0.25) is 5.88 Å². The lowest BCUT2D eigenvalue weighted by Gasteiger charge is -2.28. The average Bonchev–Trinajstić information content (AvgIpc) is 3.51. The molecule has 2 saturated heterocycles. The topological polar surface area (TPSA) is 141 Å². The molecule has 43 heavy (non-hydrogen) atoms. The van der Waals surface area contributed by atoms with Gasteiger partial charge in [-0.15, -0.1) is 0 Å². The fourth-order valence-electron chi connectivity index (χ4n) is 5.43. The number of fused-ring (bicyclic) bond motifs is 1. The van der Waals surface area contributed by atoms with Gasteiger partial charge in [-0.3, -0.25) is 9.69 Å². The SMILES string of the molecule is CC(=O)c1ccc2nc(CN3CC(COc4ccnc(COc5ccc(C#N)cc5F)n4)CC3N)n(CC3CCO3)c2c1. The number of nitrogens with two attached hydrogens (primary N) is 1. The van der Waals surface area contributed by atoms with E-state index in [2.05, 4.69) is 19.4 Å². The standard InChI is InChI=1S/C31H32FN7O4/c1-19(40)22-3-4-25-26(12-22)39(15-23-7-9-41-23)30(36-25)16-38-14-21(11-28(38)34)17-43-31-6-8-35-29(37-31)18-42-27-5-2-20(13-33)10-24(27)32/h2-6,8,10,12,21,23,28H,7,9,11,14-18,34H2,1H3. The minimum atomic E-state index is -0.624. The van der Waals surface area contributed by atoms with Gasteiger partial charge < -0.3 is 24.5 Å². The number of Topliss-reactive ketones (excluding diaryl/α,β-unsaturated/α-hetero) is 1. The summed E-state index contributed by atoms with van der Waals surface area (Å²) in [5.74, 6) is 1.21. The van der Waals surface area contributed by atoms with Crippen LogP contribution in [0.25, 0.3) is 11.0 Å². The molecule has 0 saturated carbocycles. The molecule has 2 aliphatic rings. The van der Waals surface area contributed by atoms with E-state index in [0.29, 0.717) is 37.0 Å². The molecule has 0 bridgehead atoms. The Kier molecular flexibility index (Phi) is 8.29. The fraction of sp³-hybridized carbons (Fsp3) is 0.387. The number of halogens is 1. The van der Waals surface area contributed by atoms with Gasteiger partial charge in [0.15, 0.2) is 23.2 Å². The minimum Gasteiger partial charge on any atom is -0.483 e. The van der Waals surface area contributed by atoms with E-state index in [1.54, 1.807) is 19.2 Å². The Morgan fingerprint density at radius 2 is 2.07 bits per heavy atom. The number of hydrogen-bond acceptors (Lipinski definition) is 10. The van der Waals surface area contributed by atoms with E-state index in [1.165, 1.54) is 12.1 Å². The van der Waals surface area contributed by atoms with E-state index in [-0.39, 0.29) is 41.9 Å². The lowest BCUT2D eigenvalue weighted by atomic mass is 10.1. The summed E-state index contributed by atoms with van der Waals surface area (Å²) in [6.45, 7) is 4.67. The highest BCUT2D eigenvalue weighted by Crippen LogP contribution is 2.27. The number of ketones is 1. The number of carbonyl (C=O) groups excluding carboxylic acids is 1. The molecule has 4 heterocycles. The number of rotatable bonds is 11. The van der Waals surface area contributed by atoms with Crippen LogP contribution >= 0.6 is 0 Å². The average molecular weight is 586 g/mol. The summed E-state index contributed by atoms with van der Waals surface area (Å²) >= 11 is 0. The first-order valence-electron chi connectivity index (χ1n) is 14.2. The number of imidazole rings is 1. The van der Waals surface area contributed by atoms with Crippen LogP contribution in [0, 0.1) is 23.1 Å². The largest absolute Gasteiger partial charge is 0.483 e. The van der Waals surface area contributed by atoms with Crippen molar-refractivity contribution in [3.8, 4) is 17.7 Å². The Bertz CT molecular complexity index is 1680. The van der Waals surface area contributed by atoms with Gasteiger partial charge in [-0.2, -0.15) is 10.2 Å². The summed E-state index contributed by atoms with van der Waals surface area (Å²) < 4.78 is 33.5. The van der Waals surface area contributed by atoms with Gasteiger partial charge in [-0.05, 0) is 56.2 Å². The van der Waals surface area contributed by atoms with E-state index in [9.17, 15) is 9.18 Å². The first kappa shape index (κ1) is 28.7. The molecule has 11 nitrogen and oxygen atoms in total. The van der Waals surface area contributed by atoms with Crippen molar-refractivity contribution in [2.75, 3.05) is 19.8 Å². The van der Waals surface area contributed by atoms with Gasteiger partial charge in [-0.25, -0.2) is 14.4 Å². The zero-order chi connectivity index (χ0) is 29.9. The molecule has 2 fully saturated rings. The van der Waals surface area contributed by atoms with Gasteiger partial charge in [0.1, 0.15) is 12.4 Å². The van der Waals surface area contributed by atoms with Crippen LogP contribution in [0.3, 0.4) is 0 Å². The number of benzene rings is 2. The number of hydrogen-bond donors (Lipinski definition) is 1. The number of likely N-dealkylation sites (tertiary alicyclic amines) is 1. The predicted octanol–water partition coefficient (Wildman–Crippen LogP) is 3.59. The van der Waals surface area contributed by atoms with Crippen LogP contribution in [-0.2, 0) is 24.4 Å². The molecule has 0 aliphatic carbocycles. The Hall–Kier alpha value is -4.44. The molecular formula is C31H32FN7O4. The molecule has 4 aromatic rings. The summed E-state index contributed by atoms with van der Waals surface area (Å²) in [7, 11) is 0. The van der Waals surface area contributed by atoms with Crippen molar-refractivity contribution < 1.29 is 23.4 Å². The molecule has 2 aromatic carbocycles. The van der Waals surface area contributed by atoms with E-state index in [1.807, 2.05) is 24.3 Å². The summed E-state index contributed by atoms with van der Waals surface area (Å²) in [5, 5.41) is 8.90. The zero-order valence-corrected chi connectivity index (χ0v) is 23.8. The highest BCUT2D eigenvalue weighted by molar-refractivity contribution is 5.97. The fourth-order valence-corrected chi connectivity index (χ4v) is 5.43. The van der Waals surface area contributed by atoms with Gasteiger partial charge in [0.25, 0.3) is 0 Å². The third-order valence-electron chi connectivity index (χ3n) is 7.86. The number of ether oxygens (including phenoxy) is 3. The quantitative estimate of drug-likeness (QED) is 0.260. The lowest BCUT2D eigenvalue weighted by Crippen LogP contribution is -2.37. The van der Waals surface area contributed by atoms with Gasteiger partial charge in [0, 0.05) is 36.9 Å². The van der Waals surface area contributed by atoms with E-state index < -0.39 is 5.82 Å². The zero-order valence-electron chi connectivity index (χ0n) is 23.8. The van der Waals surface area contributed by atoms with Crippen LogP contribution in [0.4, 0.5) is 4.39 Å². The third-order valence-corrected chi connectivity index (χ3v) is 7.86. The van der Waals surface area contributed by atoms with E-state index in [4.69, 9.17) is 30.2 Å². The predicted molar refractivity (Wildman–Crippen MR) is 154 cm³/mol. The Morgan fingerprint density at radius 3 is 2.81 bits per heavy atom. The Morgan fingerprint density at radius 1 is 1.21 bits per heavy atom. The van der Waals surface area contributed by atoms with E-state index >= 15 is 0 Å². The highest BCUT2D eigenvalue weighted by atomic mass is 19.1. The highest BCUT2D eigenvalue weighted by Gasteiger charge is 2.32. The number of carbonyl (C=O) groups is 1. The van der Waals surface area contributed by atoms with Gasteiger partial charge >= 0.3 is 0 Å². The van der Waals surface area contributed by atoms with Gasteiger partial charge in [-0.1, -0.05) is 0 Å². The molecule has 0 spiro atoms. The van der Waals surface area contributed by atoms with Crippen molar-refractivity contribution in [1.29, 1.82) is 5.26 Å². The summed E-state index contributed by atoms with van der Waals surface area (Å²) in [6.07, 6.45) is 3.29. The third kappa shape index (κ3) is 6.49. The second-order valence-electron chi connectivity index (χ2n) is 10.9. The van der Waals surface area contributed by atoms with E-state index in [0.717, 1.165) is 48.9 Å². The molecule has 3 unspecified atom stereocenters. The molecule has 2 aliphatic heterocycles. The summed E-state index contributed by atoms with van der Waals surface area (Å²) in [4.78, 5) is 27.7. The minimum absolute atomic E-state index is 0.0157. The normalized spacial score (nSPS) is 20.1. The van der Waals surface area contributed by atoms with Crippen LogP contribution in [0.15, 0.2) is 48.7 Å². The maximum Gasteiger partial charge on any atom is 0.216 e. The van der Waals surface area contributed by atoms with Crippen molar-refractivity contribution in [2.45, 2.75) is 51.7 Å². The first-order valence-corrected chi connectivity index (χ1v) is 14.2. The van der Waals surface area contributed by atoms with Crippen molar-refractivity contribution in [3.63, 3.8) is 0 Å². The first-order chi connectivity index (χ1) is 20.9. The second kappa shape index (κ2) is 12.4. The van der Waals surface area contributed by atoms with Crippen molar-refractivity contribution in [2.24, 2.45) is 11.7 Å². The Labute approximate surface area is 248 Å². The van der Waals surface area contributed by atoms with Crippen LogP contribution < -0.4 is 15.2 Å². The smallest absolute Gasteiger partial charge is 0.216 e. The molecule has 0 radical (unpaired) electrons. The van der Waals surface area contributed by atoms with Crippen molar-refractivity contribution in [3.05, 3.63) is 77.3 Å². The monoisotopic (exact) mass is 585 g/mol.